The number of carbonyl (C=O) groups is 2. The molecule has 0 radical (unpaired) electrons. The summed E-state index contributed by atoms with van der Waals surface area (Å²) in [4.78, 5) is 25.8. The number of hydrogen-bond donors (Lipinski definition) is 1. The van der Waals surface area contributed by atoms with Crippen LogP contribution in [0.5, 0.6) is 0 Å². The molecule has 0 spiro atoms. The van der Waals surface area contributed by atoms with Crippen molar-refractivity contribution in [2.75, 3.05) is 6.54 Å². The van der Waals surface area contributed by atoms with Crippen LogP contribution < -0.4 is 0 Å². The van der Waals surface area contributed by atoms with Gasteiger partial charge < -0.3 is 10.0 Å². The van der Waals surface area contributed by atoms with Gasteiger partial charge in [0.25, 0.3) is 5.91 Å². The average molecular weight is 333 g/mol. The summed E-state index contributed by atoms with van der Waals surface area (Å²) in [5.74, 6) is -1.51. The minimum atomic E-state index is -1.16. The molecule has 0 saturated carbocycles. The topological polar surface area (TPSA) is 93.2 Å². The number of aryl methyl sites for hydroxylation is 3. The highest BCUT2D eigenvalue weighted by Crippen LogP contribution is 2.18. The van der Waals surface area contributed by atoms with Crippen LogP contribution in [0.1, 0.15) is 51.6 Å². The third-order valence-corrected chi connectivity index (χ3v) is 4.22. The molecule has 24 heavy (non-hydrogen) atoms. The molecule has 2 aromatic heterocycles. The number of carbonyl (C=O) groups excluding carboxylic acids is 1. The van der Waals surface area contributed by atoms with Gasteiger partial charge >= 0.3 is 5.97 Å². The molecule has 2 aromatic rings. The Morgan fingerprint density at radius 2 is 1.96 bits per heavy atom. The first kappa shape index (κ1) is 17.7. The summed E-state index contributed by atoms with van der Waals surface area (Å²) in [7, 11) is 1.57. The van der Waals surface area contributed by atoms with E-state index < -0.39 is 5.97 Å². The molecule has 1 amide bonds. The lowest BCUT2D eigenvalue weighted by molar-refractivity contribution is 0.0670. The molecule has 0 aliphatic rings. The Balaban J connectivity index is 2.36. The molecule has 0 bridgehead atoms. The summed E-state index contributed by atoms with van der Waals surface area (Å²) in [5, 5.41) is 17.6. The van der Waals surface area contributed by atoms with Crippen LogP contribution in [0.3, 0.4) is 0 Å². The minimum Gasteiger partial charge on any atom is -0.478 e. The van der Waals surface area contributed by atoms with Crippen molar-refractivity contribution < 1.29 is 14.7 Å². The predicted octanol–water partition coefficient (Wildman–Crippen LogP) is 1.61. The van der Waals surface area contributed by atoms with Crippen molar-refractivity contribution in [3.8, 4) is 0 Å². The second kappa shape index (κ2) is 6.86. The van der Waals surface area contributed by atoms with Crippen LogP contribution >= 0.6 is 0 Å². The molecule has 0 aliphatic carbocycles. The molecule has 0 fully saturated rings. The summed E-state index contributed by atoms with van der Waals surface area (Å²) in [6.45, 7) is 9.38. The molecule has 1 N–H and O–H groups in total. The van der Waals surface area contributed by atoms with Crippen LogP contribution in [-0.4, -0.2) is 48.0 Å². The standard InChI is InChI=1S/C16H23N5O3/c1-6-20(9-13-10(3)18-21(7-2)11(13)4)15(22)14-12(16(23)24)8-17-19(14)5/h8H,6-7,9H2,1-5H3,(H,23,24). The second-order valence-corrected chi connectivity index (χ2v) is 5.62. The molecule has 0 aromatic carbocycles. The molecular weight excluding hydrogens is 310 g/mol. The monoisotopic (exact) mass is 333 g/mol. The van der Waals surface area contributed by atoms with Gasteiger partial charge in [0, 0.05) is 37.9 Å². The molecule has 0 saturated heterocycles. The number of aromatic nitrogens is 4. The van der Waals surface area contributed by atoms with E-state index in [2.05, 4.69) is 10.2 Å². The average Bonchev–Trinajstić information content (AvgIpc) is 3.05. The van der Waals surface area contributed by atoms with Crippen LogP contribution in [0.4, 0.5) is 0 Å². The van der Waals surface area contributed by atoms with Crippen molar-refractivity contribution in [2.24, 2.45) is 7.05 Å². The molecule has 8 heteroatoms. The summed E-state index contributed by atoms with van der Waals surface area (Å²) in [5.41, 5.74) is 2.89. The highest BCUT2D eigenvalue weighted by Gasteiger charge is 2.26. The first-order chi connectivity index (χ1) is 11.3. The van der Waals surface area contributed by atoms with Gasteiger partial charge in [-0.2, -0.15) is 10.2 Å². The largest absolute Gasteiger partial charge is 0.478 e. The fourth-order valence-electron chi connectivity index (χ4n) is 2.79. The van der Waals surface area contributed by atoms with Gasteiger partial charge in [0.05, 0.1) is 11.9 Å². The number of rotatable bonds is 6. The fraction of sp³-hybridized carbons (Fsp3) is 0.500. The zero-order valence-corrected chi connectivity index (χ0v) is 14.7. The van der Waals surface area contributed by atoms with E-state index in [-0.39, 0.29) is 17.2 Å². The van der Waals surface area contributed by atoms with Crippen molar-refractivity contribution in [1.29, 1.82) is 0 Å². The van der Waals surface area contributed by atoms with Gasteiger partial charge in [0.15, 0.2) is 0 Å². The fourth-order valence-corrected chi connectivity index (χ4v) is 2.79. The minimum absolute atomic E-state index is 0.0846. The molecule has 0 unspecified atom stereocenters. The Bertz CT molecular complexity index is 775. The van der Waals surface area contributed by atoms with Gasteiger partial charge in [-0.15, -0.1) is 0 Å². The van der Waals surface area contributed by atoms with E-state index in [4.69, 9.17) is 0 Å². The number of carboxylic acid groups (broad SMARTS) is 1. The van der Waals surface area contributed by atoms with Crippen molar-refractivity contribution in [3.05, 3.63) is 34.4 Å². The molecule has 0 aliphatic heterocycles. The molecule has 0 atom stereocenters. The van der Waals surface area contributed by atoms with Crippen LogP contribution in [0, 0.1) is 13.8 Å². The molecule has 2 heterocycles. The van der Waals surface area contributed by atoms with Gasteiger partial charge in [-0.25, -0.2) is 4.79 Å². The van der Waals surface area contributed by atoms with E-state index in [1.807, 2.05) is 32.4 Å². The van der Waals surface area contributed by atoms with E-state index in [0.717, 1.165) is 23.5 Å². The Kier molecular flexibility index (Phi) is 5.06. The normalized spacial score (nSPS) is 10.9. The van der Waals surface area contributed by atoms with E-state index in [1.165, 1.54) is 10.9 Å². The lowest BCUT2D eigenvalue weighted by Crippen LogP contribution is -2.33. The van der Waals surface area contributed by atoms with Gasteiger partial charge in [0.1, 0.15) is 11.3 Å². The first-order valence-corrected chi connectivity index (χ1v) is 7.89. The lowest BCUT2D eigenvalue weighted by atomic mass is 10.1. The van der Waals surface area contributed by atoms with Gasteiger partial charge in [-0.3, -0.25) is 14.2 Å². The number of hydrogen-bond acceptors (Lipinski definition) is 4. The lowest BCUT2D eigenvalue weighted by Gasteiger charge is -2.21. The molecule has 8 nitrogen and oxygen atoms in total. The molecule has 2 rings (SSSR count). The molecular formula is C16H23N5O3. The van der Waals surface area contributed by atoms with E-state index >= 15 is 0 Å². The van der Waals surface area contributed by atoms with Gasteiger partial charge in [-0.05, 0) is 27.7 Å². The highest BCUT2D eigenvalue weighted by molar-refractivity contribution is 6.03. The van der Waals surface area contributed by atoms with E-state index in [1.54, 1.807) is 11.9 Å². The Hall–Kier alpha value is -2.64. The predicted molar refractivity (Wildman–Crippen MR) is 88.0 cm³/mol. The van der Waals surface area contributed by atoms with Crippen LogP contribution in [-0.2, 0) is 20.1 Å². The number of amides is 1. The first-order valence-electron chi connectivity index (χ1n) is 7.89. The van der Waals surface area contributed by atoms with E-state index in [0.29, 0.717) is 13.1 Å². The number of nitrogens with zero attached hydrogens (tertiary/aromatic N) is 5. The van der Waals surface area contributed by atoms with Crippen molar-refractivity contribution >= 4 is 11.9 Å². The Labute approximate surface area is 140 Å². The Morgan fingerprint density at radius 1 is 1.29 bits per heavy atom. The zero-order valence-electron chi connectivity index (χ0n) is 14.7. The second-order valence-electron chi connectivity index (χ2n) is 5.62. The quantitative estimate of drug-likeness (QED) is 0.867. The van der Waals surface area contributed by atoms with Crippen molar-refractivity contribution in [2.45, 2.75) is 40.8 Å². The van der Waals surface area contributed by atoms with Crippen molar-refractivity contribution in [1.82, 2.24) is 24.5 Å². The van der Waals surface area contributed by atoms with Gasteiger partial charge in [0.2, 0.25) is 0 Å². The smallest absolute Gasteiger partial charge is 0.339 e. The number of aromatic carboxylic acids is 1. The maximum atomic E-state index is 12.9. The van der Waals surface area contributed by atoms with Crippen LogP contribution in [0.2, 0.25) is 0 Å². The SMILES string of the molecule is CCN(Cc1c(C)nn(CC)c1C)C(=O)c1c(C(=O)O)cnn1C. The Morgan fingerprint density at radius 3 is 2.46 bits per heavy atom. The van der Waals surface area contributed by atoms with Crippen molar-refractivity contribution in [3.63, 3.8) is 0 Å². The summed E-state index contributed by atoms with van der Waals surface area (Å²) < 4.78 is 3.21. The van der Waals surface area contributed by atoms with Gasteiger partial charge in [-0.1, -0.05) is 0 Å². The maximum absolute atomic E-state index is 12.9. The van der Waals surface area contributed by atoms with Crippen LogP contribution in [0.15, 0.2) is 6.20 Å². The highest BCUT2D eigenvalue weighted by atomic mass is 16.4. The third-order valence-electron chi connectivity index (χ3n) is 4.22. The summed E-state index contributed by atoms with van der Waals surface area (Å²) in [6.07, 6.45) is 1.20. The summed E-state index contributed by atoms with van der Waals surface area (Å²) in [6, 6.07) is 0. The molecule has 130 valence electrons. The zero-order chi connectivity index (χ0) is 18.0. The third kappa shape index (κ3) is 3.04. The maximum Gasteiger partial charge on any atom is 0.339 e. The van der Waals surface area contributed by atoms with Crippen LogP contribution in [0.25, 0.3) is 0 Å². The van der Waals surface area contributed by atoms with E-state index in [9.17, 15) is 14.7 Å². The summed E-state index contributed by atoms with van der Waals surface area (Å²) >= 11 is 0. The number of carboxylic acids is 1.